The number of fused-ring (bicyclic) bond motifs is 1. The molecule has 0 fully saturated rings. The Bertz CT molecular complexity index is 636. The largest absolute Gasteiger partial charge is 0.493 e. The normalized spacial score (nSPS) is 11.0. The minimum atomic E-state index is -0.332. The lowest BCUT2D eigenvalue weighted by molar-refractivity contribution is 0.0972. The number of hydrogen-bond donors (Lipinski definition) is 3. The van der Waals surface area contributed by atoms with Crippen molar-refractivity contribution in [3.8, 4) is 5.75 Å². The van der Waals surface area contributed by atoms with Gasteiger partial charge < -0.3 is 15.5 Å². The van der Waals surface area contributed by atoms with E-state index in [2.05, 4.69) is 15.3 Å². The minimum absolute atomic E-state index is 0. The molecule has 0 unspecified atom stereocenters. The second-order valence-corrected chi connectivity index (χ2v) is 3.90. The number of carbonyl (C=O) groups excluding carboxylic acids is 1. The van der Waals surface area contributed by atoms with Gasteiger partial charge in [0.25, 0.3) is 5.91 Å². The van der Waals surface area contributed by atoms with Crippen molar-refractivity contribution in [2.45, 2.75) is 6.92 Å². The number of carbonyl (C=O) groups is 1. The minimum Gasteiger partial charge on any atom is -0.493 e. The summed E-state index contributed by atoms with van der Waals surface area (Å²) >= 11 is 0. The number of halogens is 1. The van der Waals surface area contributed by atoms with E-state index in [4.69, 9.17) is 10.5 Å². The number of amides is 1. The van der Waals surface area contributed by atoms with E-state index < -0.39 is 0 Å². The number of rotatable bonds is 3. The van der Waals surface area contributed by atoms with Crippen LogP contribution in [0.15, 0.2) is 29.3 Å². The Hall–Kier alpha value is -2.21. The van der Waals surface area contributed by atoms with Gasteiger partial charge in [-0.05, 0) is 25.1 Å². The van der Waals surface area contributed by atoms with E-state index in [0.717, 1.165) is 16.7 Å². The first-order valence-electron chi connectivity index (χ1n) is 5.93. The maximum absolute atomic E-state index is 11.9. The standard InChI is InChI=1S/C13H16N4O2.ClH/c1-3-19-11-6-4-5-9-8(11)7-10(16-9)12(18)17-13(14)15-2;/h4-7,16H,3H2,1-2H3,(H3,14,15,17,18);1H. The molecule has 0 saturated heterocycles. The highest BCUT2D eigenvalue weighted by Crippen LogP contribution is 2.26. The maximum atomic E-state index is 11.9. The van der Waals surface area contributed by atoms with Gasteiger partial charge >= 0.3 is 0 Å². The van der Waals surface area contributed by atoms with E-state index in [-0.39, 0.29) is 24.3 Å². The van der Waals surface area contributed by atoms with Crippen molar-refractivity contribution in [1.29, 1.82) is 0 Å². The fourth-order valence-corrected chi connectivity index (χ4v) is 1.77. The average Bonchev–Trinajstić information content (AvgIpc) is 2.84. The van der Waals surface area contributed by atoms with Crippen LogP contribution in [0.1, 0.15) is 17.4 Å². The molecule has 7 heteroatoms. The van der Waals surface area contributed by atoms with Gasteiger partial charge in [0.15, 0.2) is 5.96 Å². The van der Waals surface area contributed by atoms with Crippen LogP contribution in [-0.4, -0.2) is 30.5 Å². The molecule has 0 saturated carbocycles. The molecular formula is C13H17ClN4O2. The summed E-state index contributed by atoms with van der Waals surface area (Å²) in [5, 5.41) is 3.34. The number of benzene rings is 1. The van der Waals surface area contributed by atoms with E-state index in [0.29, 0.717) is 12.3 Å². The van der Waals surface area contributed by atoms with Crippen molar-refractivity contribution in [2.24, 2.45) is 10.7 Å². The molecule has 2 rings (SSSR count). The van der Waals surface area contributed by atoms with Crippen molar-refractivity contribution < 1.29 is 9.53 Å². The molecule has 1 heterocycles. The molecule has 0 aliphatic carbocycles. The number of nitrogens with zero attached hydrogens (tertiary/aromatic N) is 1. The zero-order valence-corrected chi connectivity index (χ0v) is 12.1. The second-order valence-electron chi connectivity index (χ2n) is 3.90. The summed E-state index contributed by atoms with van der Waals surface area (Å²) in [6.45, 7) is 2.48. The Kier molecular flexibility index (Phi) is 5.40. The Morgan fingerprint density at radius 3 is 2.90 bits per heavy atom. The summed E-state index contributed by atoms with van der Waals surface area (Å²) in [7, 11) is 1.51. The lowest BCUT2D eigenvalue weighted by atomic mass is 10.2. The summed E-state index contributed by atoms with van der Waals surface area (Å²) in [5.41, 5.74) is 6.71. The molecule has 108 valence electrons. The second kappa shape index (κ2) is 6.81. The first-order chi connectivity index (χ1) is 9.15. The summed E-state index contributed by atoms with van der Waals surface area (Å²) in [6.07, 6.45) is 0. The van der Waals surface area contributed by atoms with Crippen LogP contribution in [0.5, 0.6) is 5.75 Å². The van der Waals surface area contributed by atoms with E-state index in [1.807, 2.05) is 25.1 Å². The summed E-state index contributed by atoms with van der Waals surface area (Å²) in [6, 6.07) is 7.35. The molecule has 20 heavy (non-hydrogen) atoms. The molecule has 0 bridgehead atoms. The highest BCUT2D eigenvalue weighted by molar-refractivity contribution is 6.07. The smallest absolute Gasteiger partial charge is 0.274 e. The summed E-state index contributed by atoms with van der Waals surface area (Å²) in [4.78, 5) is 18.6. The highest BCUT2D eigenvalue weighted by atomic mass is 35.5. The highest BCUT2D eigenvalue weighted by Gasteiger charge is 2.12. The fourth-order valence-electron chi connectivity index (χ4n) is 1.77. The topological polar surface area (TPSA) is 92.5 Å². The van der Waals surface area contributed by atoms with Crippen molar-refractivity contribution in [2.75, 3.05) is 13.7 Å². The van der Waals surface area contributed by atoms with Gasteiger partial charge in [-0.2, -0.15) is 0 Å². The van der Waals surface area contributed by atoms with Crippen molar-refractivity contribution in [1.82, 2.24) is 10.3 Å². The molecule has 2 aromatic rings. The van der Waals surface area contributed by atoms with Crippen LogP contribution in [0, 0.1) is 0 Å². The Morgan fingerprint density at radius 2 is 2.25 bits per heavy atom. The number of hydrogen-bond acceptors (Lipinski definition) is 3. The Balaban J connectivity index is 0.00000200. The quantitative estimate of drug-likeness (QED) is 0.594. The fraction of sp³-hybridized carbons (Fsp3) is 0.231. The molecule has 0 aliphatic heterocycles. The molecule has 6 nitrogen and oxygen atoms in total. The first kappa shape index (κ1) is 15.8. The molecule has 0 aliphatic rings. The predicted molar refractivity (Wildman–Crippen MR) is 81.7 cm³/mol. The average molecular weight is 297 g/mol. The SMILES string of the molecule is CCOc1cccc2[nH]c(C(=O)NC(N)=NC)cc12.Cl. The van der Waals surface area contributed by atoms with Crippen LogP contribution in [0.25, 0.3) is 10.9 Å². The molecule has 1 amide bonds. The number of aromatic nitrogens is 1. The lowest BCUT2D eigenvalue weighted by Gasteiger charge is -2.02. The van der Waals surface area contributed by atoms with Crippen LogP contribution >= 0.6 is 12.4 Å². The number of guanidine groups is 1. The van der Waals surface area contributed by atoms with Crippen LogP contribution in [-0.2, 0) is 0 Å². The molecular weight excluding hydrogens is 280 g/mol. The molecule has 0 spiro atoms. The van der Waals surface area contributed by atoms with Gasteiger partial charge in [-0.15, -0.1) is 12.4 Å². The Morgan fingerprint density at radius 1 is 1.50 bits per heavy atom. The van der Waals surface area contributed by atoms with E-state index >= 15 is 0 Å². The third kappa shape index (κ3) is 3.21. The maximum Gasteiger partial charge on any atom is 0.274 e. The van der Waals surface area contributed by atoms with E-state index in [1.165, 1.54) is 7.05 Å². The molecule has 4 N–H and O–H groups in total. The molecule has 1 aromatic carbocycles. The van der Waals surface area contributed by atoms with Gasteiger partial charge in [0.1, 0.15) is 11.4 Å². The van der Waals surface area contributed by atoms with Crippen LogP contribution in [0.3, 0.4) is 0 Å². The molecule has 1 aromatic heterocycles. The van der Waals surface area contributed by atoms with Gasteiger partial charge in [-0.25, -0.2) is 0 Å². The Labute approximate surface area is 122 Å². The monoisotopic (exact) mass is 296 g/mol. The number of aliphatic imine (C=N–C) groups is 1. The van der Waals surface area contributed by atoms with Gasteiger partial charge in [0.05, 0.1) is 6.61 Å². The number of nitrogens with one attached hydrogen (secondary N) is 2. The van der Waals surface area contributed by atoms with Crippen molar-refractivity contribution >= 4 is 35.2 Å². The van der Waals surface area contributed by atoms with Crippen LogP contribution in [0.2, 0.25) is 0 Å². The summed E-state index contributed by atoms with van der Waals surface area (Å²) in [5.74, 6) is 0.489. The van der Waals surface area contributed by atoms with Gasteiger partial charge in [-0.1, -0.05) is 6.07 Å². The third-order valence-corrected chi connectivity index (χ3v) is 2.65. The van der Waals surface area contributed by atoms with Gasteiger partial charge in [0, 0.05) is 18.0 Å². The van der Waals surface area contributed by atoms with Gasteiger partial charge in [0.2, 0.25) is 0 Å². The zero-order valence-electron chi connectivity index (χ0n) is 11.3. The van der Waals surface area contributed by atoms with Crippen molar-refractivity contribution in [3.05, 3.63) is 30.0 Å². The van der Waals surface area contributed by atoms with Crippen LogP contribution in [0.4, 0.5) is 0 Å². The van der Waals surface area contributed by atoms with E-state index in [1.54, 1.807) is 6.07 Å². The van der Waals surface area contributed by atoms with Crippen molar-refractivity contribution in [3.63, 3.8) is 0 Å². The zero-order chi connectivity index (χ0) is 13.8. The summed E-state index contributed by atoms with van der Waals surface area (Å²) < 4.78 is 5.51. The van der Waals surface area contributed by atoms with Crippen LogP contribution < -0.4 is 15.8 Å². The molecule has 0 atom stereocenters. The number of ether oxygens (including phenoxy) is 1. The molecule has 0 radical (unpaired) electrons. The lowest BCUT2D eigenvalue weighted by Crippen LogP contribution is -2.36. The number of nitrogens with two attached hydrogens (primary N) is 1. The first-order valence-corrected chi connectivity index (χ1v) is 5.93. The van der Waals surface area contributed by atoms with E-state index in [9.17, 15) is 4.79 Å². The predicted octanol–water partition coefficient (Wildman–Crippen LogP) is 1.66. The number of aromatic amines is 1. The van der Waals surface area contributed by atoms with Gasteiger partial charge in [-0.3, -0.25) is 15.1 Å². The third-order valence-electron chi connectivity index (χ3n) is 2.65. The number of H-pyrrole nitrogens is 1.